The third-order valence-corrected chi connectivity index (χ3v) is 4.58. The van der Waals surface area contributed by atoms with Gasteiger partial charge in [0.05, 0.1) is 0 Å². The molecule has 4 heteroatoms. The van der Waals surface area contributed by atoms with E-state index < -0.39 is 9.28 Å². The molecular formula is C10H25NO2Si. The third kappa shape index (κ3) is 3.69. The predicted molar refractivity (Wildman–Crippen MR) is 62.7 cm³/mol. The quantitative estimate of drug-likeness (QED) is 0.633. The zero-order chi connectivity index (χ0) is 11.3. The lowest BCUT2D eigenvalue weighted by molar-refractivity contribution is 0.127. The molecule has 0 radical (unpaired) electrons. The van der Waals surface area contributed by atoms with Crippen molar-refractivity contribution in [3.05, 3.63) is 0 Å². The molecule has 3 nitrogen and oxygen atoms in total. The highest BCUT2D eigenvalue weighted by Gasteiger charge is 2.29. The summed E-state index contributed by atoms with van der Waals surface area (Å²) in [4.78, 5) is 2.45. The molecule has 0 aromatic rings. The summed E-state index contributed by atoms with van der Waals surface area (Å²) in [7, 11) is 1.96. The van der Waals surface area contributed by atoms with E-state index >= 15 is 0 Å². The van der Waals surface area contributed by atoms with Crippen LogP contribution in [-0.4, -0.2) is 46.2 Å². The number of nitrogens with zero attached hydrogens (tertiary/aromatic N) is 1. The van der Waals surface area contributed by atoms with E-state index in [0.29, 0.717) is 17.7 Å². The summed E-state index contributed by atoms with van der Waals surface area (Å²) in [6.45, 7) is 11.1. The van der Waals surface area contributed by atoms with Crippen LogP contribution in [0, 0.1) is 0 Å². The van der Waals surface area contributed by atoms with Gasteiger partial charge in [0.25, 0.3) is 0 Å². The van der Waals surface area contributed by atoms with E-state index in [0.717, 1.165) is 0 Å². The Morgan fingerprint density at radius 2 is 1.21 bits per heavy atom. The molecule has 0 saturated carbocycles. The van der Waals surface area contributed by atoms with E-state index in [1.54, 1.807) is 14.2 Å². The first-order chi connectivity index (χ1) is 6.45. The fourth-order valence-corrected chi connectivity index (χ4v) is 4.12. The van der Waals surface area contributed by atoms with Gasteiger partial charge in [0.1, 0.15) is 0 Å². The van der Waals surface area contributed by atoms with Crippen LogP contribution in [0.3, 0.4) is 0 Å². The Labute approximate surface area is 90.2 Å². The molecule has 0 aliphatic rings. The molecule has 0 N–H and O–H groups in total. The average Bonchev–Trinajstić information content (AvgIpc) is 2.04. The highest BCUT2D eigenvalue weighted by Crippen LogP contribution is 2.13. The molecule has 0 amide bonds. The zero-order valence-corrected chi connectivity index (χ0v) is 11.7. The van der Waals surface area contributed by atoms with E-state index in [1.807, 2.05) is 0 Å². The predicted octanol–water partition coefficient (Wildman–Crippen LogP) is 1.55. The van der Waals surface area contributed by atoms with E-state index in [1.165, 1.54) is 0 Å². The van der Waals surface area contributed by atoms with Gasteiger partial charge in [-0.1, -0.05) is 0 Å². The maximum absolute atomic E-state index is 5.42. The van der Waals surface area contributed by atoms with Crippen molar-refractivity contribution in [3.8, 4) is 0 Å². The SMILES string of the molecule is CO[SiH](OC)C(C)N(C(C)C)C(C)C. The van der Waals surface area contributed by atoms with Gasteiger partial charge in [0.15, 0.2) is 0 Å². The maximum atomic E-state index is 5.42. The van der Waals surface area contributed by atoms with Crippen LogP contribution in [0.15, 0.2) is 0 Å². The van der Waals surface area contributed by atoms with Crippen molar-refractivity contribution in [1.82, 2.24) is 4.90 Å². The molecule has 1 atom stereocenters. The number of hydrogen-bond donors (Lipinski definition) is 0. The Kier molecular flexibility index (Phi) is 6.60. The van der Waals surface area contributed by atoms with Crippen molar-refractivity contribution in [1.29, 1.82) is 0 Å². The van der Waals surface area contributed by atoms with Crippen molar-refractivity contribution in [2.45, 2.75) is 52.4 Å². The Bertz CT molecular complexity index is 141. The minimum atomic E-state index is -1.53. The summed E-state index contributed by atoms with van der Waals surface area (Å²) in [5, 5.41) is 0. The second-order valence-corrected chi connectivity index (χ2v) is 6.86. The molecule has 14 heavy (non-hydrogen) atoms. The minimum absolute atomic E-state index is 0.407. The Morgan fingerprint density at radius 1 is 0.857 bits per heavy atom. The molecule has 0 bridgehead atoms. The van der Waals surface area contributed by atoms with E-state index in [2.05, 4.69) is 39.5 Å². The first-order valence-electron chi connectivity index (χ1n) is 5.28. The zero-order valence-electron chi connectivity index (χ0n) is 10.6. The monoisotopic (exact) mass is 219 g/mol. The highest BCUT2D eigenvalue weighted by atomic mass is 28.3. The molecule has 86 valence electrons. The third-order valence-electron chi connectivity index (χ3n) is 2.52. The first kappa shape index (κ1) is 14.1. The van der Waals surface area contributed by atoms with Crippen LogP contribution in [0.2, 0.25) is 0 Å². The Balaban J connectivity index is 4.49. The second-order valence-electron chi connectivity index (χ2n) is 4.22. The fourth-order valence-electron chi connectivity index (χ4n) is 2.17. The normalized spacial score (nSPS) is 14.8. The molecule has 0 aromatic heterocycles. The lowest BCUT2D eigenvalue weighted by atomic mass is 10.2. The minimum Gasteiger partial charge on any atom is -0.399 e. The molecule has 0 aliphatic carbocycles. The molecule has 0 heterocycles. The van der Waals surface area contributed by atoms with E-state index in [4.69, 9.17) is 8.85 Å². The van der Waals surface area contributed by atoms with Gasteiger partial charge in [0.2, 0.25) is 0 Å². The summed E-state index contributed by atoms with van der Waals surface area (Å²) in [5.74, 6) is 0. The van der Waals surface area contributed by atoms with Gasteiger partial charge in [0, 0.05) is 32.0 Å². The van der Waals surface area contributed by atoms with Gasteiger partial charge in [-0.2, -0.15) is 0 Å². The Morgan fingerprint density at radius 3 is 1.43 bits per heavy atom. The van der Waals surface area contributed by atoms with Crippen molar-refractivity contribution in [2.75, 3.05) is 14.2 Å². The number of rotatable bonds is 6. The van der Waals surface area contributed by atoms with Crippen molar-refractivity contribution in [3.63, 3.8) is 0 Å². The largest absolute Gasteiger partial charge is 0.399 e. The van der Waals surface area contributed by atoms with Crippen LogP contribution < -0.4 is 0 Å². The van der Waals surface area contributed by atoms with E-state index in [-0.39, 0.29) is 0 Å². The summed E-state index contributed by atoms with van der Waals surface area (Å²) in [5.41, 5.74) is 0.407. The molecule has 1 unspecified atom stereocenters. The molecule has 0 aliphatic heterocycles. The maximum Gasteiger partial charge on any atom is 0.338 e. The van der Waals surface area contributed by atoms with Gasteiger partial charge < -0.3 is 8.85 Å². The van der Waals surface area contributed by atoms with Crippen LogP contribution in [-0.2, 0) is 8.85 Å². The fraction of sp³-hybridized carbons (Fsp3) is 1.00. The van der Waals surface area contributed by atoms with E-state index in [9.17, 15) is 0 Å². The molecule has 0 spiro atoms. The van der Waals surface area contributed by atoms with Crippen molar-refractivity contribution < 1.29 is 8.85 Å². The molecule has 0 fully saturated rings. The van der Waals surface area contributed by atoms with Crippen LogP contribution in [0.4, 0.5) is 0 Å². The summed E-state index contributed by atoms with van der Waals surface area (Å²) in [6, 6.07) is 1.07. The smallest absolute Gasteiger partial charge is 0.338 e. The van der Waals surface area contributed by atoms with Gasteiger partial charge in [-0.15, -0.1) is 0 Å². The van der Waals surface area contributed by atoms with Gasteiger partial charge >= 0.3 is 9.28 Å². The van der Waals surface area contributed by atoms with Gasteiger partial charge in [-0.05, 0) is 34.6 Å². The average molecular weight is 219 g/mol. The highest BCUT2D eigenvalue weighted by molar-refractivity contribution is 6.46. The molecule has 0 rings (SSSR count). The number of hydrogen-bond acceptors (Lipinski definition) is 3. The van der Waals surface area contributed by atoms with Crippen molar-refractivity contribution >= 4 is 9.28 Å². The van der Waals surface area contributed by atoms with Crippen LogP contribution in [0.5, 0.6) is 0 Å². The second kappa shape index (κ2) is 6.56. The summed E-state index contributed by atoms with van der Waals surface area (Å²) in [6.07, 6.45) is 0. The van der Waals surface area contributed by atoms with Crippen molar-refractivity contribution in [2.24, 2.45) is 0 Å². The van der Waals surface area contributed by atoms with Gasteiger partial charge in [-0.25, -0.2) is 0 Å². The summed E-state index contributed by atoms with van der Waals surface area (Å²) < 4.78 is 10.8. The standard InChI is InChI=1S/C10H25NO2Si/c1-8(2)11(9(3)4)10(5)14(12-6)13-7/h8-10,14H,1-7H3. The molecule has 0 aromatic carbocycles. The molecule has 0 saturated heterocycles. The van der Waals surface area contributed by atoms with Crippen LogP contribution >= 0.6 is 0 Å². The first-order valence-corrected chi connectivity index (χ1v) is 6.89. The lowest BCUT2D eigenvalue weighted by Crippen LogP contribution is -2.52. The van der Waals surface area contributed by atoms with Crippen LogP contribution in [0.1, 0.15) is 34.6 Å². The Hall–Kier alpha value is 0.0969. The van der Waals surface area contributed by atoms with Gasteiger partial charge in [-0.3, -0.25) is 4.90 Å². The lowest BCUT2D eigenvalue weighted by Gasteiger charge is -2.38. The topological polar surface area (TPSA) is 21.7 Å². The summed E-state index contributed by atoms with van der Waals surface area (Å²) >= 11 is 0. The molecular weight excluding hydrogens is 194 g/mol. The van der Waals surface area contributed by atoms with Crippen LogP contribution in [0.25, 0.3) is 0 Å².